The molecule has 120 valence electrons. The third-order valence-electron chi connectivity index (χ3n) is 5.27. The molecule has 3 aliphatic rings. The van der Waals surface area contributed by atoms with Crippen LogP contribution in [0, 0.1) is 5.92 Å². The molecule has 0 N–H and O–H groups in total. The second-order valence-corrected chi connectivity index (χ2v) is 7.06. The number of ether oxygens (including phenoxy) is 3. The van der Waals surface area contributed by atoms with Crippen molar-refractivity contribution in [2.45, 2.75) is 69.4 Å². The number of epoxide rings is 2. The fraction of sp³-hybridized carbons (Fsp3) is 0.875. The predicted molar refractivity (Wildman–Crippen MR) is 74.5 cm³/mol. The van der Waals surface area contributed by atoms with Crippen molar-refractivity contribution in [3.63, 3.8) is 0 Å². The average molecular weight is 302 g/mol. The molecule has 21 heavy (non-hydrogen) atoms. The fourth-order valence-electron chi connectivity index (χ4n) is 3.91. The van der Waals surface area contributed by atoms with Gasteiger partial charge in [0.15, 0.2) is 0 Å². The van der Waals surface area contributed by atoms with Crippen molar-refractivity contribution in [2.24, 2.45) is 5.92 Å². The summed E-state index contributed by atoms with van der Waals surface area (Å²) < 4.78 is 45.2. The van der Waals surface area contributed by atoms with E-state index in [0.717, 1.165) is 6.42 Å². The van der Waals surface area contributed by atoms with Gasteiger partial charge in [0.05, 0.1) is 18.6 Å². The number of rotatable bonds is 4. The van der Waals surface area contributed by atoms with Crippen LogP contribution in [0.15, 0.2) is 11.6 Å². The molecule has 3 fully saturated rings. The summed E-state index contributed by atoms with van der Waals surface area (Å²) in [4.78, 5) is 0. The van der Waals surface area contributed by atoms with Gasteiger partial charge in [0.25, 0.3) is 5.92 Å². The highest BCUT2D eigenvalue weighted by Crippen LogP contribution is 2.61. The highest BCUT2D eigenvalue weighted by molar-refractivity contribution is 5.21. The molecule has 1 spiro atoms. The molecule has 0 aromatic heterocycles. The minimum Gasteiger partial charge on any atom is -0.375 e. The van der Waals surface area contributed by atoms with Crippen LogP contribution in [-0.4, -0.2) is 43.0 Å². The van der Waals surface area contributed by atoms with E-state index >= 15 is 0 Å². The Morgan fingerprint density at radius 1 is 1.33 bits per heavy atom. The molecule has 0 unspecified atom stereocenters. The van der Waals surface area contributed by atoms with Gasteiger partial charge in [-0.25, -0.2) is 8.78 Å². The van der Waals surface area contributed by atoms with Gasteiger partial charge in [0, 0.05) is 13.5 Å². The zero-order valence-electron chi connectivity index (χ0n) is 13.1. The van der Waals surface area contributed by atoms with E-state index in [9.17, 15) is 8.78 Å². The van der Waals surface area contributed by atoms with Crippen molar-refractivity contribution in [1.82, 2.24) is 0 Å². The van der Waals surface area contributed by atoms with E-state index in [0.29, 0.717) is 13.0 Å². The molecule has 0 bridgehead atoms. The molecule has 5 atom stereocenters. The molecule has 1 aliphatic carbocycles. The standard InChI is InChI=1S/C16H24F2O3/c1-10(2)5-6-11-14(3,21-11)12-13(19-4)16(17,18)8-7-15(12)9-20-15/h5,11-13H,6-9H2,1-4H3/t11-,12-,13+,14+,15+/m1/s1. The normalized spacial score (nSPS) is 47.2. The summed E-state index contributed by atoms with van der Waals surface area (Å²) in [6.45, 7) is 6.52. The third kappa shape index (κ3) is 2.43. The lowest BCUT2D eigenvalue weighted by atomic mass is 9.68. The molecule has 0 amide bonds. The molecule has 0 aromatic rings. The summed E-state index contributed by atoms with van der Waals surface area (Å²) >= 11 is 0. The van der Waals surface area contributed by atoms with E-state index in [-0.39, 0.29) is 12.5 Å². The van der Waals surface area contributed by atoms with Gasteiger partial charge in [-0.15, -0.1) is 0 Å². The molecule has 2 aliphatic heterocycles. The van der Waals surface area contributed by atoms with Crippen molar-refractivity contribution < 1.29 is 23.0 Å². The summed E-state index contributed by atoms with van der Waals surface area (Å²) in [6, 6.07) is 0. The van der Waals surface area contributed by atoms with Crippen LogP contribution in [0.3, 0.4) is 0 Å². The quantitative estimate of drug-likeness (QED) is 0.590. The molecule has 5 heteroatoms. The highest BCUT2D eigenvalue weighted by atomic mass is 19.3. The predicted octanol–water partition coefficient (Wildman–Crippen LogP) is 3.33. The largest absolute Gasteiger partial charge is 0.375 e. The van der Waals surface area contributed by atoms with Crippen LogP contribution in [-0.2, 0) is 14.2 Å². The summed E-state index contributed by atoms with van der Waals surface area (Å²) in [5.74, 6) is -3.22. The average Bonchev–Trinajstić information content (AvgIpc) is 3.29. The molecule has 3 rings (SSSR count). The van der Waals surface area contributed by atoms with Gasteiger partial charge in [0.1, 0.15) is 17.3 Å². The first-order valence-electron chi connectivity index (χ1n) is 7.61. The number of hydrogen-bond donors (Lipinski definition) is 0. The second kappa shape index (κ2) is 4.74. The highest BCUT2D eigenvalue weighted by Gasteiger charge is 2.74. The van der Waals surface area contributed by atoms with Crippen LogP contribution in [0.2, 0.25) is 0 Å². The lowest BCUT2D eigenvalue weighted by Crippen LogP contribution is -2.57. The Bertz CT molecular complexity index is 454. The maximum absolute atomic E-state index is 14.2. The van der Waals surface area contributed by atoms with E-state index < -0.39 is 29.1 Å². The molecule has 2 saturated heterocycles. The Labute approximate surface area is 124 Å². The lowest BCUT2D eigenvalue weighted by Gasteiger charge is -2.42. The molecule has 0 radical (unpaired) electrons. The fourth-order valence-corrected chi connectivity index (χ4v) is 3.91. The van der Waals surface area contributed by atoms with E-state index in [2.05, 4.69) is 6.08 Å². The number of allylic oxidation sites excluding steroid dienone is 1. The van der Waals surface area contributed by atoms with Crippen LogP contribution in [0.5, 0.6) is 0 Å². The van der Waals surface area contributed by atoms with Crippen LogP contribution in [0.25, 0.3) is 0 Å². The minimum atomic E-state index is -2.81. The van der Waals surface area contributed by atoms with E-state index in [1.54, 1.807) is 0 Å². The third-order valence-corrected chi connectivity index (χ3v) is 5.27. The van der Waals surface area contributed by atoms with Gasteiger partial charge < -0.3 is 14.2 Å². The van der Waals surface area contributed by atoms with Crippen molar-refractivity contribution in [3.05, 3.63) is 11.6 Å². The Morgan fingerprint density at radius 3 is 2.52 bits per heavy atom. The topological polar surface area (TPSA) is 34.3 Å². The van der Waals surface area contributed by atoms with Crippen molar-refractivity contribution in [2.75, 3.05) is 13.7 Å². The van der Waals surface area contributed by atoms with Crippen LogP contribution in [0.4, 0.5) is 8.78 Å². The lowest BCUT2D eigenvalue weighted by molar-refractivity contribution is -0.197. The Hall–Kier alpha value is -0.520. The van der Waals surface area contributed by atoms with Gasteiger partial charge in [-0.3, -0.25) is 0 Å². The monoisotopic (exact) mass is 302 g/mol. The summed E-state index contributed by atoms with van der Waals surface area (Å²) in [5.41, 5.74) is 0.173. The molecule has 0 aromatic carbocycles. The van der Waals surface area contributed by atoms with Gasteiger partial charge in [0.2, 0.25) is 0 Å². The minimum absolute atomic E-state index is 0.0231. The van der Waals surface area contributed by atoms with E-state index in [1.807, 2.05) is 20.8 Å². The molecule has 2 heterocycles. The zero-order chi connectivity index (χ0) is 15.5. The first-order valence-corrected chi connectivity index (χ1v) is 7.61. The van der Waals surface area contributed by atoms with E-state index in [4.69, 9.17) is 14.2 Å². The van der Waals surface area contributed by atoms with Crippen LogP contribution >= 0.6 is 0 Å². The van der Waals surface area contributed by atoms with E-state index in [1.165, 1.54) is 12.7 Å². The van der Waals surface area contributed by atoms with Gasteiger partial charge >= 0.3 is 0 Å². The van der Waals surface area contributed by atoms with Crippen LogP contribution < -0.4 is 0 Å². The maximum atomic E-state index is 14.2. The first-order chi connectivity index (χ1) is 9.75. The molecule has 3 nitrogen and oxygen atoms in total. The molecule has 1 saturated carbocycles. The van der Waals surface area contributed by atoms with Crippen LogP contribution in [0.1, 0.15) is 40.0 Å². The Kier molecular flexibility index (Phi) is 3.47. The van der Waals surface area contributed by atoms with Crippen molar-refractivity contribution in [1.29, 1.82) is 0 Å². The van der Waals surface area contributed by atoms with Gasteiger partial charge in [-0.2, -0.15) is 0 Å². The Morgan fingerprint density at radius 2 is 2.00 bits per heavy atom. The molecular formula is C16H24F2O3. The Balaban J connectivity index is 1.83. The van der Waals surface area contributed by atoms with Crippen molar-refractivity contribution in [3.8, 4) is 0 Å². The smallest absolute Gasteiger partial charge is 0.274 e. The summed E-state index contributed by atoms with van der Waals surface area (Å²) in [7, 11) is 1.36. The SMILES string of the molecule is CO[C@H]1[C@H]([C@@]2(C)O[C@@H]2CC=C(C)C)[C@]2(CCC1(F)F)CO2. The van der Waals surface area contributed by atoms with Gasteiger partial charge in [-0.05, 0) is 33.6 Å². The number of methoxy groups -OCH3 is 1. The maximum Gasteiger partial charge on any atom is 0.274 e. The van der Waals surface area contributed by atoms with Gasteiger partial charge in [-0.1, -0.05) is 11.6 Å². The second-order valence-electron chi connectivity index (χ2n) is 7.06. The van der Waals surface area contributed by atoms with Crippen molar-refractivity contribution >= 4 is 0 Å². The number of hydrogen-bond acceptors (Lipinski definition) is 3. The summed E-state index contributed by atoms with van der Waals surface area (Å²) in [5, 5.41) is 0. The first kappa shape index (κ1) is 15.4. The molecular weight excluding hydrogens is 278 g/mol. The zero-order valence-corrected chi connectivity index (χ0v) is 13.1. The number of halogens is 2. The summed E-state index contributed by atoms with van der Waals surface area (Å²) in [6.07, 6.45) is 1.92. The number of alkyl halides is 2.